The average molecular weight is 304 g/mol. The summed E-state index contributed by atoms with van der Waals surface area (Å²) in [5.74, 6) is 0.862. The Bertz CT molecular complexity index is 543. The van der Waals surface area contributed by atoms with Gasteiger partial charge in [-0.15, -0.1) is 0 Å². The number of carbonyl (C=O) groups excluding carboxylic acids is 1. The van der Waals surface area contributed by atoms with Crippen LogP contribution in [0.5, 0.6) is 0 Å². The van der Waals surface area contributed by atoms with Crippen LogP contribution < -0.4 is 5.32 Å². The van der Waals surface area contributed by atoms with E-state index in [-0.39, 0.29) is 18.1 Å². The van der Waals surface area contributed by atoms with E-state index in [1.807, 2.05) is 20.0 Å². The Morgan fingerprint density at radius 3 is 3.23 bits per heavy atom. The number of aryl methyl sites for hydroxylation is 1. The van der Waals surface area contributed by atoms with Gasteiger partial charge in [-0.1, -0.05) is 0 Å². The maximum Gasteiger partial charge on any atom is 0.237 e. The number of nitrogens with one attached hydrogen (secondary N) is 1. The van der Waals surface area contributed by atoms with Crippen LogP contribution in [-0.4, -0.2) is 52.6 Å². The molecule has 1 amide bonds. The van der Waals surface area contributed by atoms with Crippen LogP contribution >= 0.6 is 0 Å². The van der Waals surface area contributed by atoms with Crippen molar-refractivity contribution in [3.8, 4) is 0 Å². The van der Waals surface area contributed by atoms with Crippen molar-refractivity contribution >= 4 is 5.91 Å². The molecule has 1 aromatic rings. The predicted octanol–water partition coefficient (Wildman–Crippen LogP) is 0.827. The van der Waals surface area contributed by atoms with Crippen LogP contribution in [0.15, 0.2) is 6.20 Å². The molecule has 3 rings (SSSR count). The van der Waals surface area contributed by atoms with Gasteiger partial charge in [-0.2, -0.15) is 0 Å². The van der Waals surface area contributed by atoms with Crippen LogP contribution in [0.2, 0.25) is 0 Å². The second-order valence-corrected chi connectivity index (χ2v) is 6.17. The van der Waals surface area contributed by atoms with Crippen LogP contribution in [0.3, 0.4) is 0 Å². The molecule has 1 fully saturated rings. The first-order valence-corrected chi connectivity index (χ1v) is 8.08. The largest absolute Gasteiger partial charge is 0.376 e. The summed E-state index contributed by atoms with van der Waals surface area (Å²) >= 11 is 0. The molecule has 0 aliphatic carbocycles. The van der Waals surface area contributed by atoms with E-state index in [1.165, 1.54) is 5.56 Å². The minimum atomic E-state index is -0.148. The minimum Gasteiger partial charge on any atom is -0.376 e. The lowest BCUT2D eigenvalue weighted by molar-refractivity contribution is -0.126. The van der Waals surface area contributed by atoms with Crippen molar-refractivity contribution in [2.75, 3.05) is 19.7 Å². The number of rotatable bonds is 4. The lowest BCUT2D eigenvalue weighted by Crippen LogP contribution is -2.48. The molecule has 0 aromatic carbocycles. The molecule has 1 aromatic heterocycles. The number of aromatic nitrogens is 2. The molecule has 1 N–H and O–H groups in total. The van der Waals surface area contributed by atoms with E-state index in [4.69, 9.17) is 4.74 Å². The fourth-order valence-electron chi connectivity index (χ4n) is 3.09. The minimum absolute atomic E-state index is 0.0738. The first-order chi connectivity index (χ1) is 10.6. The first-order valence-electron chi connectivity index (χ1n) is 8.08. The molecule has 6 heteroatoms. The van der Waals surface area contributed by atoms with Crippen molar-refractivity contribution in [1.82, 2.24) is 20.2 Å². The van der Waals surface area contributed by atoms with Crippen LogP contribution in [0.4, 0.5) is 0 Å². The second-order valence-electron chi connectivity index (χ2n) is 6.17. The predicted molar refractivity (Wildman–Crippen MR) is 82.3 cm³/mol. The Balaban J connectivity index is 1.55. The van der Waals surface area contributed by atoms with Gasteiger partial charge in [-0.25, -0.2) is 9.97 Å². The molecule has 0 radical (unpaired) electrons. The van der Waals surface area contributed by atoms with E-state index in [2.05, 4.69) is 20.2 Å². The van der Waals surface area contributed by atoms with Gasteiger partial charge < -0.3 is 10.1 Å². The molecule has 2 atom stereocenters. The maximum absolute atomic E-state index is 12.3. The molecule has 0 saturated carbocycles. The molecule has 0 spiro atoms. The van der Waals surface area contributed by atoms with Crippen LogP contribution in [0.1, 0.15) is 36.8 Å². The fourth-order valence-corrected chi connectivity index (χ4v) is 3.09. The van der Waals surface area contributed by atoms with Crippen LogP contribution in [0, 0.1) is 6.92 Å². The summed E-state index contributed by atoms with van der Waals surface area (Å²) in [5.41, 5.74) is 2.26. The number of fused-ring (bicyclic) bond motifs is 1. The van der Waals surface area contributed by atoms with Gasteiger partial charge in [0.15, 0.2) is 0 Å². The highest BCUT2D eigenvalue weighted by Gasteiger charge is 2.27. The Kier molecular flexibility index (Phi) is 4.69. The Labute approximate surface area is 131 Å². The zero-order chi connectivity index (χ0) is 15.5. The van der Waals surface area contributed by atoms with Crippen molar-refractivity contribution in [3.05, 3.63) is 23.3 Å². The van der Waals surface area contributed by atoms with Crippen molar-refractivity contribution < 1.29 is 9.53 Å². The normalized spacial score (nSPS) is 23.1. The SMILES string of the molecule is Cc1ncc2c(n1)CN([C@@H](C)C(=O)NC[C@@H]1CCCO1)CC2. The summed E-state index contributed by atoms with van der Waals surface area (Å²) in [7, 11) is 0. The maximum atomic E-state index is 12.3. The molecule has 0 bridgehead atoms. The van der Waals surface area contributed by atoms with Crippen LogP contribution in [-0.2, 0) is 22.5 Å². The average Bonchev–Trinajstić information content (AvgIpc) is 3.04. The molecule has 0 unspecified atom stereocenters. The van der Waals surface area contributed by atoms with Gasteiger partial charge in [-0.05, 0) is 38.7 Å². The summed E-state index contributed by atoms with van der Waals surface area (Å²) in [6.45, 7) is 6.88. The van der Waals surface area contributed by atoms with Crippen molar-refractivity contribution in [1.29, 1.82) is 0 Å². The van der Waals surface area contributed by atoms with Gasteiger partial charge >= 0.3 is 0 Å². The van der Waals surface area contributed by atoms with E-state index < -0.39 is 0 Å². The highest BCUT2D eigenvalue weighted by Crippen LogP contribution is 2.18. The van der Waals surface area contributed by atoms with Crippen molar-refractivity contribution in [2.45, 2.75) is 51.8 Å². The lowest BCUT2D eigenvalue weighted by Gasteiger charge is -2.32. The molecule has 6 nitrogen and oxygen atoms in total. The monoisotopic (exact) mass is 304 g/mol. The van der Waals surface area contributed by atoms with Crippen molar-refractivity contribution in [2.24, 2.45) is 0 Å². The summed E-state index contributed by atoms with van der Waals surface area (Å²) in [5, 5.41) is 3.02. The van der Waals surface area contributed by atoms with Crippen LogP contribution in [0.25, 0.3) is 0 Å². The van der Waals surface area contributed by atoms with Gasteiger partial charge in [0.05, 0.1) is 17.8 Å². The standard InChI is InChI=1S/C16H24N4O2/c1-11(16(21)18-9-14-4-3-7-22-14)20-6-5-13-8-17-12(2)19-15(13)10-20/h8,11,14H,3-7,9-10H2,1-2H3,(H,18,21)/t11-,14-/m0/s1. The van der Waals surface area contributed by atoms with Crippen molar-refractivity contribution in [3.63, 3.8) is 0 Å². The third kappa shape index (κ3) is 3.44. The topological polar surface area (TPSA) is 67.4 Å². The molecule has 3 heterocycles. The molecular weight excluding hydrogens is 280 g/mol. The fraction of sp³-hybridized carbons (Fsp3) is 0.688. The molecular formula is C16H24N4O2. The van der Waals surface area contributed by atoms with Gasteiger partial charge in [0.2, 0.25) is 5.91 Å². The third-order valence-corrected chi connectivity index (χ3v) is 4.55. The highest BCUT2D eigenvalue weighted by molar-refractivity contribution is 5.81. The molecule has 22 heavy (non-hydrogen) atoms. The van der Waals surface area contributed by atoms with E-state index in [1.54, 1.807) is 0 Å². The highest BCUT2D eigenvalue weighted by atomic mass is 16.5. The molecule has 2 aliphatic rings. The molecule has 1 saturated heterocycles. The van der Waals surface area contributed by atoms with E-state index in [9.17, 15) is 4.79 Å². The number of hydrogen-bond acceptors (Lipinski definition) is 5. The van der Waals surface area contributed by atoms with E-state index >= 15 is 0 Å². The Hall–Kier alpha value is -1.53. The van der Waals surface area contributed by atoms with E-state index in [0.29, 0.717) is 13.1 Å². The zero-order valence-corrected chi connectivity index (χ0v) is 13.3. The lowest BCUT2D eigenvalue weighted by atomic mass is 10.0. The number of hydrogen-bond donors (Lipinski definition) is 1. The summed E-state index contributed by atoms with van der Waals surface area (Å²) in [6.07, 6.45) is 5.14. The quantitative estimate of drug-likeness (QED) is 0.892. The Morgan fingerprint density at radius 1 is 1.59 bits per heavy atom. The van der Waals surface area contributed by atoms with Gasteiger partial charge in [0.25, 0.3) is 0 Å². The summed E-state index contributed by atoms with van der Waals surface area (Å²) < 4.78 is 5.54. The Morgan fingerprint density at radius 2 is 2.45 bits per heavy atom. The number of nitrogens with zero attached hydrogens (tertiary/aromatic N) is 3. The smallest absolute Gasteiger partial charge is 0.237 e. The number of ether oxygens (including phenoxy) is 1. The van der Waals surface area contributed by atoms with E-state index in [0.717, 1.165) is 43.9 Å². The van der Waals surface area contributed by atoms with Gasteiger partial charge in [0, 0.05) is 32.4 Å². The summed E-state index contributed by atoms with van der Waals surface area (Å²) in [4.78, 5) is 23.3. The second kappa shape index (κ2) is 6.71. The third-order valence-electron chi connectivity index (χ3n) is 4.55. The molecule has 2 aliphatic heterocycles. The first kappa shape index (κ1) is 15.4. The number of carbonyl (C=O) groups is 1. The number of amides is 1. The molecule has 120 valence electrons. The summed E-state index contributed by atoms with van der Waals surface area (Å²) in [6, 6.07) is -0.148. The zero-order valence-electron chi connectivity index (χ0n) is 13.3. The van der Waals surface area contributed by atoms with Gasteiger partial charge in [0.1, 0.15) is 5.82 Å². The van der Waals surface area contributed by atoms with Gasteiger partial charge in [-0.3, -0.25) is 9.69 Å².